The summed E-state index contributed by atoms with van der Waals surface area (Å²) in [4.78, 5) is 3.96. The van der Waals surface area contributed by atoms with Crippen molar-refractivity contribution in [3.8, 4) is 0 Å². The van der Waals surface area contributed by atoms with E-state index < -0.39 is 0 Å². The second-order valence-corrected chi connectivity index (χ2v) is 5.77. The highest BCUT2D eigenvalue weighted by molar-refractivity contribution is 6.31. The molecule has 1 unspecified atom stereocenters. The van der Waals surface area contributed by atoms with Crippen LogP contribution in [0.2, 0.25) is 5.02 Å². The molecule has 1 aromatic heterocycles. The fraction of sp³-hybridized carbons (Fsp3) is 0.583. The van der Waals surface area contributed by atoms with Gasteiger partial charge >= 0.3 is 0 Å². The van der Waals surface area contributed by atoms with E-state index in [4.69, 9.17) is 23.2 Å². The molecule has 0 saturated heterocycles. The summed E-state index contributed by atoms with van der Waals surface area (Å²) in [5, 5.41) is 0.900. The van der Waals surface area contributed by atoms with E-state index in [0.717, 1.165) is 23.4 Å². The molecule has 0 spiro atoms. The maximum absolute atomic E-state index is 6.30. The molecular formula is C12H17Cl2N. The van der Waals surface area contributed by atoms with Crippen molar-refractivity contribution in [2.45, 2.75) is 39.0 Å². The molecule has 3 heteroatoms. The molecule has 0 aliphatic rings. The average molecular weight is 246 g/mol. The smallest absolute Gasteiger partial charge is 0.0621 e. The first-order valence-corrected chi connectivity index (χ1v) is 5.95. The van der Waals surface area contributed by atoms with Crippen LogP contribution in [0.25, 0.3) is 0 Å². The summed E-state index contributed by atoms with van der Waals surface area (Å²) >= 11 is 12.3. The first-order valence-electron chi connectivity index (χ1n) is 5.13. The molecule has 0 aliphatic heterocycles. The van der Waals surface area contributed by atoms with E-state index in [0.29, 0.717) is 0 Å². The second-order valence-electron chi connectivity index (χ2n) is 4.84. The molecule has 0 radical (unpaired) electrons. The monoisotopic (exact) mass is 245 g/mol. The Kier molecular flexibility index (Phi) is 4.42. The summed E-state index contributed by atoms with van der Waals surface area (Å²) in [5.41, 5.74) is 1.27. The molecule has 1 aromatic rings. The zero-order chi connectivity index (χ0) is 11.5. The third-order valence-electron chi connectivity index (χ3n) is 2.46. The Morgan fingerprint density at radius 2 is 2.07 bits per heavy atom. The number of rotatable bonds is 3. The number of pyridine rings is 1. The van der Waals surface area contributed by atoms with Crippen LogP contribution < -0.4 is 0 Å². The molecule has 0 amide bonds. The van der Waals surface area contributed by atoms with E-state index in [1.807, 2.05) is 6.07 Å². The molecule has 15 heavy (non-hydrogen) atoms. The van der Waals surface area contributed by atoms with E-state index in [2.05, 4.69) is 25.8 Å². The summed E-state index contributed by atoms with van der Waals surface area (Å²) in [7, 11) is 0. The van der Waals surface area contributed by atoms with Crippen LogP contribution in [0.4, 0.5) is 0 Å². The number of alkyl halides is 1. The second kappa shape index (κ2) is 5.18. The molecule has 0 saturated carbocycles. The highest BCUT2D eigenvalue weighted by atomic mass is 35.5. The van der Waals surface area contributed by atoms with Gasteiger partial charge in [-0.05, 0) is 29.9 Å². The topological polar surface area (TPSA) is 12.9 Å². The maximum Gasteiger partial charge on any atom is 0.0621 e. The average Bonchev–Trinajstić information content (AvgIpc) is 2.14. The lowest BCUT2D eigenvalue weighted by molar-refractivity contribution is 0.374. The third-order valence-corrected chi connectivity index (χ3v) is 3.68. The maximum atomic E-state index is 6.30. The Hall–Kier alpha value is -0.270. The van der Waals surface area contributed by atoms with E-state index >= 15 is 0 Å². The Bertz CT molecular complexity index is 318. The summed E-state index contributed by atoms with van der Waals surface area (Å²) < 4.78 is 0. The number of hydrogen-bond acceptors (Lipinski definition) is 1. The van der Waals surface area contributed by atoms with Crippen molar-refractivity contribution >= 4 is 23.2 Å². The molecule has 84 valence electrons. The van der Waals surface area contributed by atoms with Crippen LogP contribution in [-0.4, -0.2) is 10.4 Å². The lowest BCUT2D eigenvalue weighted by Crippen LogP contribution is -2.21. The van der Waals surface area contributed by atoms with Gasteiger partial charge in [0.1, 0.15) is 0 Å². The number of aryl methyl sites for hydroxylation is 1. The molecule has 1 rings (SSSR count). The van der Waals surface area contributed by atoms with Crippen LogP contribution in [0.5, 0.6) is 0 Å². The zero-order valence-corrected chi connectivity index (χ0v) is 10.9. The molecule has 0 aliphatic carbocycles. The molecule has 0 aromatic carbocycles. The van der Waals surface area contributed by atoms with E-state index in [1.54, 1.807) is 12.4 Å². The lowest BCUT2D eigenvalue weighted by Gasteiger charge is -2.25. The van der Waals surface area contributed by atoms with Crippen molar-refractivity contribution < 1.29 is 0 Å². The van der Waals surface area contributed by atoms with E-state index in [9.17, 15) is 0 Å². The van der Waals surface area contributed by atoms with E-state index in [-0.39, 0.29) is 10.8 Å². The van der Waals surface area contributed by atoms with Crippen LogP contribution in [0.3, 0.4) is 0 Å². The fourth-order valence-electron chi connectivity index (χ4n) is 1.32. The van der Waals surface area contributed by atoms with Crippen LogP contribution in [0.15, 0.2) is 18.5 Å². The Labute approximate surface area is 102 Å². The van der Waals surface area contributed by atoms with Gasteiger partial charge < -0.3 is 0 Å². The molecule has 1 atom stereocenters. The fourth-order valence-corrected chi connectivity index (χ4v) is 1.64. The normalized spacial score (nSPS) is 13.9. The van der Waals surface area contributed by atoms with Gasteiger partial charge in [0.2, 0.25) is 0 Å². The zero-order valence-electron chi connectivity index (χ0n) is 9.43. The third kappa shape index (κ3) is 4.00. The predicted molar refractivity (Wildman–Crippen MR) is 66.7 cm³/mol. The summed E-state index contributed by atoms with van der Waals surface area (Å²) in [6.45, 7) is 6.45. The highest BCUT2D eigenvalue weighted by Crippen LogP contribution is 2.29. The van der Waals surface area contributed by atoms with Crippen molar-refractivity contribution in [2.24, 2.45) is 5.41 Å². The quantitative estimate of drug-likeness (QED) is 0.723. The predicted octanol–water partition coefficient (Wildman–Crippen LogP) is 4.32. The first-order chi connectivity index (χ1) is 6.91. The van der Waals surface area contributed by atoms with Crippen LogP contribution in [0.1, 0.15) is 32.8 Å². The molecule has 0 fully saturated rings. The van der Waals surface area contributed by atoms with Gasteiger partial charge in [0.25, 0.3) is 0 Å². The molecular weight excluding hydrogens is 229 g/mol. The highest BCUT2D eigenvalue weighted by Gasteiger charge is 2.21. The Morgan fingerprint density at radius 1 is 1.40 bits per heavy atom. The van der Waals surface area contributed by atoms with Crippen molar-refractivity contribution in [1.82, 2.24) is 4.98 Å². The van der Waals surface area contributed by atoms with Gasteiger partial charge in [-0.1, -0.05) is 32.4 Å². The van der Waals surface area contributed by atoms with Crippen molar-refractivity contribution in [2.75, 3.05) is 0 Å². The molecule has 0 N–H and O–H groups in total. The van der Waals surface area contributed by atoms with Crippen LogP contribution in [0, 0.1) is 5.41 Å². The van der Waals surface area contributed by atoms with Gasteiger partial charge in [-0.25, -0.2) is 0 Å². The molecule has 1 nitrogen and oxygen atoms in total. The standard InChI is InChI=1S/C12H17Cl2N/c1-12(2,3)11(14)5-4-9-6-7-15-8-10(9)13/h6-8,11H,4-5H2,1-3H3. The minimum absolute atomic E-state index is 0.140. The van der Waals surface area contributed by atoms with Gasteiger partial charge in [-0.3, -0.25) is 4.98 Å². The van der Waals surface area contributed by atoms with Gasteiger partial charge in [0, 0.05) is 17.8 Å². The summed E-state index contributed by atoms with van der Waals surface area (Å²) in [6, 6.07) is 1.95. The van der Waals surface area contributed by atoms with Gasteiger partial charge in [0.15, 0.2) is 0 Å². The molecule has 1 heterocycles. The van der Waals surface area contributed by atoms with Crippen molar-refractivity contribution in [3.05, 3.63) is 29.0 Å². The first kappa shape index (κ1) is 12.8. The van der Waals surface area contributed by atoms with E-state index in [1.165, 1.54) is 0 Å². The number of aromatic nitrogens is 1. The number of nitrogens with zero attached hydrogens (tertiary/aromatic N) is 1. The minimum atomic E-state index is 0.140. The summed E-state index contributed by atoms with van der Waals surface area (Å²) in [6.07, 6.45) is 5.29. The largest absolute Gasteiger partial charge is 0.263 e. The lowest BCUT2D eigenvalue weighted by atomic mass is 9.88. The Balaban J connectivity index is 2.55. The van der Waals surface area contributed by atoms with Crippen LogP contribution in [-0.2, 0) is 6.42 Å². The van der Waals surface area contributed by atoms with Gasteiger partial charge in [-0.2, -0.15) is 0 Å². The van der Waals surface area contributed by atoms with Gasteiger partial charge in [0.05, 0.1) is 5.02 Å². The van der Waals surface area contributed by atoms with Crippen molar-refractivity contribution in [1.29, 1.82) is 0 Å². The SMILES string of the molecule is CC(C)(C)C(Cl)CCc1ccncc1Cl. The summed E-state index contributed by atoms with van der Waals surface area (Å²) in [5.74, 6) is 0. The number of halogens is 2. The van der Waals surface area contributed by atoms with Crippen molar-refractivity contribution in [3.63, 3.8) is 0 Å². The Morgan fingerprint density at radius 3 is 2.60 bits per heavy atom. The van der Waals surface area contributed by atoms with Gasteiger partial charge in [-0.15, -0.1) is 11.6 Å². The minimum Gasteiger partial charge on any atom is -0.263 e. The van der Waals surface area contributed by atoms with Crippen LogP contribution >= 0.6 is 23.2 Å². The number of hydrogen-bond donors (Lipinski definition) is 0. The molecule has 0 bridgehead atoms.